The Morgan fingerprint density at radius 2 is 2.07 bits per heavy atom. The molecule has 150 valence electrons. The SMILES string of the molecule is Cc1ccc(O[C@H]2CCCN(C(=O)CCn3cnc4ccccc4c3=O)C2)nn1. The molecular weight excluding hydrogens is 370 g/mol. The molecule has 1 fully saturated rings. The van der Waals surface area contributed by atoms with Gasteiger partial charge in [-0.3, -0.25) is 14.2 Å². The Bertz CT molecular complexity index is 1060. The summed E-state index contributed by atoms with van der Waals surface area (Å²) >= 11 is 0. The van der Waals surface area contributed by atoms with E-state index in [4.69, 9.17) is 4.74 Å². The van der Waals surface area contributed by atoms with Crippen LogP contribution in [-0.2, 0) is 11.3 Å². The Labute approximate surface area is 168 Å². The molecule has 4 rings (SSSR count). The van der Waals surface area contributed by atoms with Crippen LogP contribution in [0.15, 0.2) is 47.5 Å². The average molecular weight is 393 g/mol. The summed E-state index contributed by atoms with van der Waals surface area (Å²) in [7, 11) is 0. The van der Waals surface area contributed by atoms with Crippen LogP contribution in [0.2, 0.25) is 0 Å². The number of para-hydroxylation sites is 1. The minimum Gasteiger partial charge on any atom is -0.471 e. The van der Waals surface area contributed by atoms with Crippen molar-refractivity contribution in [3.63, 3.8) is 0 Å². The Kier molecular flexibility index (Phi) is 5.50. The number of carbonyl (C=O) groups excluding carboxylic acids is 1. The number of piperidine rings is 1. The van der Waals surface area contributed by atoms with Crippen LogP contribution in [0, 0.1) is 6.92 Å². The molecule has 1 atom stereocenters. The zero-order valence-corrected chi connectivity index (χ0v) is 16.3. The van der Waals surface area contributed by atoms with Crippen LogP contribution in [0.1, 0.15) is 25.0 Å². The van der Waals surface area contributed by atoms with E-state index in [1.165, 1.54) is 10.9 Å². The molecule has 0 saturated carbocycles. The number of hydrogen-bond donors (Lipinski definition) is 0. The van der Waals surface area contributed by atoms with Gasteiger partial charge in [-0.05, 0) is 38.0 Å². The minimum absolute atomic E-state index is 0.00773. The number of nitrogens with zero attached hydrogens (tertiary/aromatic N) is 5. The predicted octanol–water partition coefficient (Wildman–Crippen LogP) is 1.96. The summed E-state index contributed by atoms with van der Waals surface area (Å²) in [5.41, 5.74) is 1.37. The molecule has 3 heterocycles. The summed E-state index contributed by atoms with van der Waals surface area (Å²) < 4.78 is 7.39. The number of aryl methyl sites for hydroxylation is 2. The first-order valence-electron chi connectivity index (χ1n) is 9.79. The maximum Gasteiger partial charge on any atom is 0.261 e. The first kappa shape index (κ1) is 19.0. The smallest absolute Gasteiger partial charge is 0.261 e. The van der Waals surface area contributed by atoms with Gasteiger partial charge in [-0.15, -0.1) is 5.10 Å². The van der Waals surface area contributed by atoms with Crippen molar-refractivity contribution in [1.82, 2.24) is 24.6 Å². The first-order chi connectivity index (χ1) is 14.1. The normalized spacial score (nSPS) is 16.7. The molecule has 0 unspecified atom stereocenters. The van der Waals surface area contributed by atoms with E-state index >= 15 is 0 Å². The van der Waals surface area contributed by atoms with Crippen molar-refractivity contribution in [2.75, 3.05) is 13.1 Å². The van der Waals surface area contributed by atoms with Gasteiger partial charge in [0.2, 0.25) is 11.8 Å². The van der Waals surface area contributed by atoms with Crippen LogP contribution < -0.4 is 10.3 Å². The van der Waals surface area contributed by atoms with E-state index in [1.54, 1.807) is 23.1 Å². The molecule has 3 aromatic rings. The molecule has 0 spiro atoms. The number of benzene rings is 1. The molecule has 0 bridgehead atoms. The zero-order valence-electron chi connectivity index (χ0n) is 16.3. The second-order valence-electron chi connectivity index (χ2n) is 7.25. The van der Waals surface area contributed by atoms with Crippen LogP contribution in [0.4, 0.5) is 0 Å². The lowest BCUT2D eigenvalue weighted by Crippen LogP contribution is -2.44. The highest BCUT2D eigenvalue weighted by Gasteiger charge is 2.25. The Balaban J connectivity index is 1.36. The number of rotatable bonds is 5. The van der Waals surface area contributed by atoms with Crippen LogP contribution >= 0.6 is 0 Å². The molecule has 1 amide bonds. The van der Waals surface area contributed by atoms with E-state index < -0.39 is 0 Å². The Morgan fingerprint density at radius 1 is 1.21 bits per heavy atom. The lowest BCUT2D eigenvalue weighted by molar-refractivity contribution is -0.134. The molecule has 2 aromatic heterocycles. The first-order valence-corrected chi connectivity index (χ1v) is 9.79. The lowest BCUT2D eigenvalue weighted by atomic mass is 10.1. The van der Waals surface area contributed by atoms with Crippen LogP contribution in [0.3, 0.4) is 0 Å². The molecule has 8 nitrogen and oxygen atoms in total. The monoisotopic (exact) mass is 393 g/mol. The molecule has 1 aliphatic heterocycles. The average Bonchev–Trinajstić information content (AvgIpc) is 2.75. The van der Waals surface area contributed by atoms with Gasteiger partial charge in [0, 0.05) is 25.6 Å². The highest BCUT2D eigenvalue weighted by Crippen LogP contribution is 2.17. The van der Waals surface area contributed by atoms with E-state index in [9.17, 15) is 9.59 Å². The van der Waals surface area contributed by atoms with Crippen molar-refractivity contribution < 1.29 is 9.53 Å². The summed E-state index contributed by atoms with van der Waals surface area (Å²) in [6, 6.07) is 10.9. The third kappa shape index (κ3) is 4.42. The largest absolute Gasteiger partial charge is 0.471 e. The molecule has 0 radical (unpaired) electrons. The summed E-state index contributed by atoms with van der Waals surface area (Å²) in [6.45, 7) is 3.39. The van der Waals surface area contributed by atoms with E-state index in [0.717, 1.165) is 18.5 Å². The molecule has 0 N–H and O–H groups in total. The Hall–Kier alpha value is -3.29. The van der Waals surface area contributed by atoms with Gasteiger partial charge in [0.1, 0.15) is 6.10 Å². The second kappa shape index (κ2) is 8.38. The van der Waals surface area contributed by atoms with Crippen molar-refractivity contribution in [2.45, 2.75) is 38.8 Å². The van der Waals surface area contributed by atoms with Gasteiger partial charge in [0.25, 0.3) is 5.56 Å². The summed E-state index contributed by atoms with van der Waals surface area (Å²) in [5, 5.41) is 8.59. The van der Waals surface area contributed by atoms with E-state index in [2.05, 4.69) is 15.2 Å². The molecule has 1 aromatic carbocycles. The van der Waals surface area contributed by atoms with Gasteiger partial charge in [-0.1, -0.05) is 12.1 Å². The maximum atomic E-state index is 12.7. The lowest BCUT2D eigenvalue weighted by Gasteiger charge is -2.32. The number of likely N-dealkylation sites (tertiary alicyclic amines) is 1. The quantitative estimate of drug-likeness (QED) is 0.658. The number of amides is 1. The summed E-state index contributed by atoms with van der Waals surface area (Å²) in [5.74, 6) is 0.483. The van der Waals surface area contributed by atoms with Gasteiger partial charge in [0.05, 0.1) is 29.5 Å². The number of ether oxygens (including phenoxy) is 1. The molecule has 29 heavy (non-hydrogen) atoms. The highest BCUT2D eigenvalue weighted by atomic mass is 16.5. The van der Waals surface area contributed by atoms with Crippen molar-refractivity contribution in [1.29, 1.82) is 0 Å². The van der Waals surface area contributed by atoms with Gasteiger partial charge in [-0.25, -0.2) is 4.98 Å². The van der Waals surface area contributed by atoms with Crippen molar-refractivity contribution in [3.8, 4) is 5.88 Å². The topological polar surface area (TPSA) is 90.2 Å². The molecule has 1 saturated heterocycles. The number of aromatic nitrogens is 4. The number of carbonyl (C=O) groups is 1. The second-order valence-corrected chi connectivity index (χ2v) is 7.25. The summed E-state index contributed by atoms with van der Waals surface area (Å²) in [4.78, 5) is 31.4. The highest BCUT2D eigenvalue weighted by molar-refractivity contribution is 5.77. The minimum atomic E-state index is -0.124. The van der Waals surface area contributed by atoms with E-state index in [0.29, 0.717) is 36.4 Å². The fourth-order valence-electron chi connectivity index (χ4n) is 3.52. The third-order valence-electron chi connectivity index (χ3n) is 5.09. The number of hydrogen-bond acceptors (Lipinski definition) is 6. The van der Waals surface area contributed by atoms with Gasteiger partial charge in [0.15, 0.2) is 0 Å². The maximum absolute atomic E-state index is 12.7. The van der Waals surface area contributed by atoms with Gasteiger partial charge < -0.3 is 9.64 Å². The van der Waals surface area contributed by atoms with Gasteiger partial charge >= 0.3 is 0 Å². The molecule has 0 aliphatic carbocycles. The van der Waals surface area contributed by atoms with Crippen molar-refractivity contribution in [3.05, 3.63) is 58.8 Å². The zero-order chi connectivity index (χ0) is 20.2. The van der Waals surface area contributed by atoms with Crippen molar-refractivity contribution >= 4 is 16.8 Å². The number of fused-ring (bicyclic) bond motifs is 1. The van der Waals surface area contributed by atoms with E-state index in [-0.39, 0.29) is 24.0 Å². The van der Waals surface area contributed by atoms with Crippen LogP contribution in [-0.4, -0.2) is 49.7 Å². The third-order valence-corrected chi connectivity index (χ3v) is 5.09. The standard InChI is InChI=1S/C21H23N5O3/c1-15-8-9-19(24-23-15)29-16-5-4-11-25(13-16)20(27)10-12-26-14-22-18-7-3-2-6-17(18)21(26)28/h2-3,6-9,14,16H,4-5,10-13H2,1H3/t16-/m0/s1. The van der Waals surface area contributed by atoms with Crippen LogP contribution in [0.25, 0.3) is 10.9 Å². The van der Waals surface area contributed by atoms with Crippen LogP contribution in [0.5, 0.6) is 5.88 Å². The fraction of sp³-hybridized carbons (Fsp3) is 0.381. The predicted molar refractivity (Wildman–Crippen MR) is 108 cm³/mol. The van der Waals surface area contributed by atoms with Gasteiger partial charge in [-0.2, -0.15) is 5.10 Å². The molecular formula is C21H23N5O3. The fourth-order valence-corrected chi connectivity index (χ4v) is 3.52. The van der Waals surface area contributed by atoms with Crippen molar-refractivity contribution in [2.24, 2.45) is 0 Å². The summed E-state index contributed by atoms with van der Waals surface area (Å²) in [6.07, 6.45) is 3.39. The molecule has 8 heteroatoms. The van der Waals surface area contributed by atoms with E-state index in [1.807, 2.05) is 25.1 Å². The molecule has 1 aliphatic rings. The Morgan fingerprint density at radius 3 is 2.90 bits per heavy atom.